The lowest BCUT2D eigenvalue weighted by atomic mass is 10.0. The van der Waals surface area contributed by atoms with E-state index in [1.165, 1.54) is 11.1 Å². The minimum Gasteiger partial charge on any atom is -0.494 e. The molecule has 0 saturated heterocycles. The quantitative estimate of drug-likeness (QED) is 0.747. The van der Waals surface area contributed by atoms with Crippen LogP contribution < -0.4 is 10.1 Å². The van der Waals surface area contributed by atoms with Gasteiger partial charge < -0.3 is 10.1 Å². The maximum atomic E-state index is 5.77. The summed E-state index contributed by atoms with van der Waals surface area (Å²) in [4.78, 5) is 2.42. The van der Waals surface area contributed by atoms with Crippen LogP contribution in [-0.4, -0.2) is 31.1 Å². The van der Waals surface area contributed by atoms with Gasteiger partial charge in [-0.15, -0.1) is 0 Å². The third kappa shape index (κ3) is 4.80. The standard InChI is InChI=1S/C17H30N2O/c1-6-18-14(5)15-10-11-17(20-9-4)16(12-15)13-19(7-2)8-3/h10-12,14,18H,6-9,13H2,1-5H3. The molecule has 0 aliphatic heterocycles. The summed E-state index contributed by atoms with van der Waals surface area (Å²) in [6.45, 7) is 15.6. The maximum absolute atomic E-state index is 5.77. The summed E-state index contributed by atoms with van der Waals surface area (Å²) in [5, 5.41) is 3.47. The molecule has 0 spiro atoms. The Labute approximate surface area is 124 Å². The van der Waals surface area contributed by atoms with Crippen molar-refractivity contribution >= 4 is 0 Å². The normalized spacial score (nSPS) is 12.7. The van der Waals surface area contributed by atoms with Gasteiger partial charge in [0.2, 0.25) is 0 Å². The summed E-state index contributed by atoms with van der Waals surface area (Å²) in [5.41, 5.74) is 2.62. The molecule has 0 aromatic heterocycles. The van der Waals surface area contributed by atoms with Crippen LogP contribution in [0.25, 0.3) is 0 Å². The number of rotatable bonds is 9. The highest BCUT2D eigenvalue weighted by atomic mass is 16.5. The number of nitrogens with zero attached hydrogens (tertiary/aromatic N) is 1. The Balaban J connectivity index is 2.98. The van der Waals surface area contributed by atoms with Crippen molar-refractivity contribution in [1.29, 1.82) is 0 Å². The summed E-state index contributed by atoms with van der Waals surface area (Å²) in [6, 6.07) is 6.96. The number of nitrogens with one attached hydrogen (secondary N) is 1. The first-order valence-corrected chi connectivity index (χ1v) is 7.87. The third-order valence-corrected chi connectivity index (χ3v) is 3.68. The highest BCUT2D eigenvalue weighted by molar-refractivity contribution is 5.38. The average Bonchev–Trinajstić information content (AvgIpc) is 2.46. The zero-order valence-electron chi connectivity index (χ0n) is 13.7. The van der Waals surface area contributed by atoms with E-state index in [9.17, 15) is 0 Å². The molecule has 0 heterocycles. The Kier molecular flexibility index (Phi) is 7.63. The molecule has 1 aromatic carbocycles. The van der Waals surface area contributed by atoms with Crippen molar-refractivity contribution in [2.75, 3.05) is 26.2 Å². The van der Waals surface area contributed by atoms with Crippen molar-refractivity contribution in [3.63, 3.8) is 0 Å². The van der Waals surface area contributed by atoms with Gasteiger partial charge in [0.1, 0.15) is 5.75 Å². The van der Waals surface area contributed by atoms with Gasteiger partial charge in [0.25, 0.3) is 0 Å². The molecule has 1 N–H and O–H groups in total. The molecule has 0 aliphatic carbocycles. The summed E-state index contributed by atoms with van der Waals surface area (Å²) in [6.07, 6.45) is 0. The minimum absolute atomic E-state index is 0.381. The van der Waals surface area contributed by atoms with Crippen LogP contribution in [0.4, 0.5) is 0 Å². The van der Waals surface area contributed by atoms with E-state index in [0.717, 1.165) is 31.9 Å². The first kappa shape index (κ1) is 17.0. The van der Waals surface area contributed by atoms with Gasteiger partial charge >= 0.3 is 0 Å². The molecule has 1 aromatic rings. The van der Waals surface area contributed by atoms with E-state index in [2.05, 4.69) is 56.1 Å². The van der Waals surface area contributed by atoms with Crippen LogP contribution in [0, 0.1) is 0 Å². The molecule has 0 aliphatic rings. The van der Waals surface area contributed by atoms with E-state index in [1.54, 1.807) is 0 Å². The van der Waals surface area contributed by atoms with Crippen LogP contribution in [0.1, 0.15) is 51.8 Å². The molecule has 1 atom stereocenters. The number of ether oxygens (including phenoxy) is 1. The Bertz CT molecular complexity index is 389. The van der Waals surface area contributed by atoms with Crippen molar-refractivity contribution in [3.05, 3.63) is 29.3 Å². The number of hydrogen-bond acceptors (Lipinski definition) is 3. The highest BCUT2D eigenvalue weighted by Gasteiger charge is 2.11. The first-order chi connectivity index (χ1) is 9.65. The topological polar surface area (TPSA) is 24.5 Å². The molecule has 20 heavy (non-hydrogen) atoms. The predicted molar refractivity (Wildman–Crippen MR) is 86.3 cm³/mol. The molecule has 1 unspecified atom stereocenters. The lowest BCUT2D eigenvalue weighted by Crippen LogP contribution is -2.23. The molecule has 1 rings (SSSR count). The fourth-order valence-corrected chi connectivity index (χ4v) is 2.40. The van der Waals surface area contributed by atoms with Crippen molar-refractivity contribution in [1.82, 2.24) is 10.2 Å². The SMILES string of the molecule is CCNC(C)c1ccc(OCC)c(CN(CC)CC)c1. The molecule has 3 heteroatoms. The van der Waals surface area contributed by atoms with Gasteiger partial charge in [-0.3, -0.25) is 4.90 Å². The Morgan fingerprint density at radius 1 is 1.15 bits per heavy atom. The molecule has 114 valence electrons. The minimum atomic E-state index is 0.381. The average molecular weight is 278 g/mol. The van der Waals surface area contributed by atoms with E-state index in [0.29, 0.717) is 12.6 Å². The van der Waals surface area contributed by atoms with E-state index in [-0.39, 0.29) is 0 Å². The second-order valence-corrected chi connectivity index (χ2v) is 5.04. The van der Waals surface area contributed by atoms with Crippen molar-refractivity contribution in [3.8, 4) is 5.75 Å². The molecular weight excluding hydrogens is 248 g/mol. The second kappa shape index (κ2) is 8.98. The molecule has 0 bridgehead atoms. The van der Waals surface area contributed by atoms with Crippen LogP contribution in [0.2, 0.25) is 0 Å². The van der Waals surface area contributed by atoms with Crippen LogP contribution in [0.15, 0.2) is 18.2 Å². The van der Waals surface area contributed by atoms with Crippen LogP contribution in [0.5, 0.6) is 5.75 Å². The van der Waals surface area contributed by atoms with Crippen LogP contribution in [0.3, 0.4) is 0 Å². The summed E-state index contributed by atoms with van der Waals surface area (Å²) >= 11 is 0. The predicted octanol–water partition coefficient (Wildman–Crippen LogP) is 3.60. The Morgan fingerprint density at radius 2 is 1.85 bits per heavy atom. The molecule has 0 fully saturated rings. The van der Waals surface area contributed by atoms with Crippen LogP contribution in [-0.2, 0) is 6.54 Å². The molecule has 0 saturated carbocycles. The molecular formula is C17H30N2O. The zero-order chi connectivity index (χ0) is 15.0. The smallest absolute Gasteiger partial charge is 0.123 e. The van der Waals surface area contributed by atoms with Gasteiger partial charge in [-0.05, 0) is 51.2 Å². The van der Waals surface area contributed by atoms with E-state index in [1.807, 2.05) is 6.92 Å². The fourth-order valence-electron chi connectivity index (χ4n) is 2.40. The largest absolute Gasteiger partial charge is 0.494 e. The highest BCUT2D eigenvalue weighted by Crippen LogP contribution is 2.25. The first-order valence-electron chi connectivity index (χ1n) is 7.87. The Morgan fingerprint density at radius 3 is 2.40 bits per heavy atom. The lowest BCUT2D eigenvalue weighted by molar-refractivity contribution is 0.282. The monoisotopic (exact) mass is 278 g/mol. The van der Waals surface area contributed by atoms with Crippen molar-refractivity contribution in [2.24, 2.45) is 0 Å². The lowest BCUT2D eigenvalue weighted by Gasteiger charge is -2.22. The van der Waals surface area contributed by atoms with Crippen LogP contribution >= 0.6 is 0 Å². The van der Waals surface area contributed by atoms with E-state index in [4.69, 9.17) is 4.74 Å². The van der Waals surface area contributed by atoms with Gasteiger partial charge in [0, 0.05) is 18.2 Å². The second-order valence-electron chi connectivity index (χ2n) is 5.04. The van der Waals surface area contributed by atoms with E-state index >= 15 is 0 Å². The molecule has 0 amide bonds. The summed E-state index contributed by atoms with van der Waals surface area (Å²) in [5.74, 6) is 1.02. The number of hydrogen-bond donors (Lipinski definition) is 1. The van der Waals surface area contributed by atoms with Gasteiger partial charge in [-0.1, -0.05) is 26.8 Å². The van der Waals surface area contributed by atoms with Gasteiger partial charge in [0.05, 0.1) is 6.61 Å². The zero-order valence-corrected chi connectivity index (χ0v) is 13.7. The maximum Gasteiger partial charge on any atom is 0.123 e. The van der Waals surface area contributed by atoms with Crippen molar-refractivity contribution in [2.45, 2.75) is 47.2 Å². The Hall–Kier alpha value is -1.06. The van der Waals surface area contributed by atoms with E-state index < -0.39 is 0 Å². The summed E-state index contributed by atoms with van der Waals surface area (Å²) in [7, 11) is 0. The molecule has 0 radical (unpaired) electrons. The fraction of sp³-hybridized carbons (Fsp3) is 0.647. The summed E-state index contributed by atoms with van der Waals surface area (Å²) < 4.78 is 5.77. The van der Waals surface area contributed by atoms with Gasteiger partial charge in [-0.2, -0.15) is 0 Å². The number of benzene rings is 1. The van der Waals surface area contributed by atoms with Gasteiger partial charge in [-0.25, -0.2) is 0 Å². The third-order valence-electron chi connectivity index (χ3n) is 3.68. The van der Waals surface area contributed by atoms with Crippen molar-refractivity contribution < 1.29 is 4.74 Å². The van der Waals surface area contributed by atoms with Gasteiger partial charge in [0.15, 0.2) is 0 Å². The molecule has 3 nitrogen and oxygen atoms in total.